The number of carbonyl (C=O) groups excluding carboxylic acids is 1. The van der Waals surface area contributed by atoms with Crippen molar-refractivity contribution in [1.82, 2.24) is 0 Å². The zero-order valence-electron chi connectivity index (χ0n) is 11.2. The maximum Gasteiger partial charge on any atom is 0.331 e. The molecule has 0 atom stereocenters. The van der Waals surface area contributed by atoms with Crippen molar-refractivity contribution in [2.24, 2.45) is 10.8 Å². The summed E-state index contributed by atoms with van der Waals surface area (Å²) in [7, 11) is 0. The minimum absolute atomic E-state index is 0.0863. The molecule has 0 unspecified atom stereocenters. The summed E-state index contributed by atoms with van der Waals surface area (Å²) < 4.78 is 4.93. The van der Waals surface area contributed by atoms with Crippen LogP contribution in [-0.4, -0.2) is 23.3 Å². The van der Waals surface area contributed by atoms with E-state index in [-0.39, 0.29) is 23.4 Å². The molecule has 0 aromatic heterocycles. The molecule has 0 amide bonds. The van der Waals surface area contributed by atoms with Crippen LogP contribution in [0.2, 0.25) is 0 Å². The topological polar surface area (TPSA) is 46.5 Å². The Morgan fingerprint density at radius 1 is 1.12 bits per heavy atom. The Bertz CT molecular complexity index is 361. The quantitative estimate of drug-likeness (QED) is 0.714. The number of rotatable bonds is 1. The average molecular weight is 238 g/mol. The summed E-state index contributed by atoms with van der Waals surface area (Å²) in [5.41, 5.74) is 0.0481. The summed E-state index contributed by atoms with van der Waals surface area (Å²) in [4.78, 5) is 11.2. The van der Waals surface area contributed by atoms with Gasteiger partial charge in [-0.2, -0.15) is 0 Å². The van der Waals surface area contributed by atoms with E-state index in [1.54, 1.807) is 0 Å². The van der Waals surface area contributed by atoms with Crippen LogP contribution in [0.15, 0.2) is 11.6 Å². The van der Waals surface area contributed by atoms with Crippen LogP contribution in [0.3, 0.4) is 0 Å². The van der Waals surface area contributed by atoms with Crippen molar-refractivity contribution in [1.29, 1.82) is 0 Å². The normalized spacial score (nSPS) is 29.7. The van der Waals surface area contributed by atoms with E-state index in [9.17, 15) is 9.90 Å². The largest absolute Gasteiger partial charge is 0.458 e. The lowest BCUT2D eigenvalue weighted by atomic mass is 9.58. The third kappa shape index (κ3) is 2.54. The van der Waals surface area contributed by atoms with Crippen molar-refractivity contribution in [3.63, 3.8) is 0 Å². The summed E-state index contributed by atoms with van der Waals surface area (Å²) in [5.74, 6) is -0.324. The lowest BCUT2D eigenvalue weighted by Crippen LogP contribution is -2.47. The van der Waals surface area contributed by atoms with Gasteiger partial charge in [-0.05, 0) is 30.1 Å². The molecule has 2 aliphatic rings. The van der Waals surface area contributed by atoms with Crippen molar-refractivity contribution >= 4 is 5.97 Å². The minimum atomic E-state index is -0.878. The highest BCUT2D eigenvalue weighted by molar-refractivity contribution is 5.85. The van der Waals surface area contributed by atoms with Crippen molar-refractivity contribution in [2.45, 2.75) is 52.6 Å². The predicted octanol–water partition coefficient (Wildman–Crippen LogP) is 2.44. The highest BCUT2D eigenvalue weighted by Crippen LogP contribution is 2.52. The van der Waals surface area contributed by atoms with Gasteiger partial charge in [0.05, 0.1) is 5.60 Å². The van der Waals surface area contributed by atoms with Crippen molar-refractivity contribution in [3.8, 4) is 0 Å². The second-order valence-electron chi connectivity index (χ2n) is 7.17. The van der Waals surface area contributed by atoms with E-state index < -0.39 is 5.60 Å². The van der Waals surface area contributed by atoms with Crippen LogP contribution in [0.4, 0.5) is 0 Å². The molecular weight excluding hydrogens is 216 g/mol. The molecule has 0 radical (unpaired) electrons. The van der Waals surface area contributed by atoms with E-state index in [0.717, 1.165) is 12.0 Å². The molecule has 1 fully saturated rings. The molecule has 1 heterocycles. The Labute approximate surface area is 103 Å². The van der Waals surface area contributed by atoms with Crippen molar-refractivity contribution in [3.05, 3.63) is 11.6 Å². The molecule has 1 aliphatic carbocycles. The molecule has 1 N–H and O–H groups in total. The van der Waals surface area contributed by atoms with Crippen LogP contribution >= 0.6 is 0 Å². The maximum atomic E-state index is 11.2. The zero-order valence-corrected chi connectivity index (χ0v) is 11.2. The SMILES string of the molecule is CC1(C)CC(C)(C)CC(O)(C2=CC(=O)OC2)C1. The molecule has 1 aliphatic heterocycles. The first-order valence-corrected chi connectivity index (χ1v) is 6.22. The van der Waals surface area contributed by atoms with E-state index in [1.165, 1.54) is 6.08 Å². The molecule has 1 saturated carbocycles. The third-order valence-corrected chi connectivity index (χ3v) is 3.76. The first kappa shape index (κ1) is 12.6. The number of cyclic esters (lactones) is 1. The summed E-state index contributed by atoms with van der Waals surface area (Å²) in [6.07, 6.45) is 3.96. The first-order valence-electron chi connectivity index (χ1n) is 6.22. The summed E-state index contributed by atoms with van der Waals surface area (Å²) in [5, 5.41) is 10.9. The second-order valence-corrected chi connectivity index (χ2v) is 7.17. The molecule has 0 aromatic carbocycles. The molecule has 2 rings (SSSR count). The smallest absolute Gasteiger partial charge is 0.331 e. The van der Waals surface area contributed by atoms with Gasteiger partial charge in [0.15, 0.2) is 0 Å². The third-order valence-electron chi connectivity index (χ3n) is 3.76. The van der Waals surface area contributed by atoms with Crippen molar-refractivity contribution in [2.75, 3.05) is 6.61 Å². The van der Waals surface area contributed by atoms with Gasteiger partial charge in [0, 0.05) is 11.6 Å². The number of aliphatic hydroxyl groups is 1. The van der Waals surface area contributed by atoms with Gasteiger partial charge >= 0.3 is 5.97 Å². The standard InChI is InChI=1S/C14H22O3/c1-12(2)7-13(3,4)9-14(16,8-12)10-5-11(15)17-6-10/h5,16H,6-9H2,1-4H3. The number of carbonyl (C=O) groups is 1. The molecule has 0 spiro atoms. The second kappa shape index (κ2) is 3.58. The fourth-order valence-corrected chi connectivity index (χ4v) is 3.94. The highest BCUT2D eigenvalue weighted by atomic mass is 16.5. The molecular formula is C14H22O3. The Morgan fingerprint density at radius 2 is 1.65 bits per heavy atom. The van der Waals surface area contributed by atoms with Crippen LogP contribution in [0.1, 0.15) is 47.0 Å². The van der Waals surface area contributed by atoms with Gasteiger partial charge in [0.1, 0.15) is 6.61 Å². The lowest BCUT2D eigenvalue weighted by Gasteiger charge is -2.49. The van der Waals surface area contributed by atoms with E-state index >= 15 is 0 Å². The summed E-state index contributed by atoms with van der Waals surface area (Å²) in [6.45, 7) is 8.96. The van der Waals surface area contributed by atoms with Crippen molar-refractivity contribution < 1.29 is 14.6 Å². The summed E-state index contributed by atoms with van der Waals surface area (Å²) >= 11 is 0. The number of hydrogen-bond donors (Lipinski definition) is 1. The van der Waals surface area contributed by atoms with E-state index in [4.69, 9.17) is 4.74 Å². The zero-order chi connectivity index (χ0) is 12.9. The van der Waals surface area contributed by atoms with Gasteiger partial charge in [-0.25, -0.2) is 4.79 Å². The molecule has 0 saturated heterocycles. The molecule has 3 heteroatoms. The van der Waals surface area contributed by atoms with E-state index in [2.05, 4.69) is 27.7 Å². The predicted molar refractivity (Wildman–Crippen MR) is 65.4 cm³/mol. The van der Waals surface area contributed by atoms with Crippen LogP contribution < -0.4 is 0 Å². The molecule has 0 aromatic rings. The first-order chi connectivity index (χ1) is 7.62. The fourth-order valence-electron chi connectivity index (χ4n) is 3.94. The van der Waals surface area contributed by atoms with Gasteiger partial charge in [0.2, 0.25) is 0 Å². The van der Waals surface area contributed by atoms with Gasteiger partial charge in [-0.15, -0.1) is 0 Å². The monoisotopic (exact) mass is 238 g/mol. The Balaban J connectivity index is 2.30. The van der Waals surface area contributed by atoms with Gasteiger partial charge in [0.25, 0.3) is 0 Å². The van der Waals surface area contributed by atoms with Crippen LogP contribution in [-0.2, 0) is 9.53 Å². The molecule has 17 heavy (non-hydrogen) atoms. The average Bonchev–Trinajstić information content (AvgIpc) is 2.44. The Morgan fingerprint density at radius 3 is 2.06 bits per heavy atom. The molecule has 3 nitrogen and oxygen atoms in total. The van der Waals surface area contributed by atoms with Gasteiger partial charge in [-0.3, -0.25) is 0 Å². The van der Waals surface area contributed by atoms with Crippen LogP contribution in [0.5, 0.6) is 0 Å². The number of ether oxygens (including phenoxy) is 1. The van der Waals surface area contributed by atoms with Gasteiger partial charge < -0.3 is 9.84 Å². The summed E-state index contributed by atoms with van der Waals surface area (Å²) in [6, 6.07) is 0. The van der Waals surface area contributed by atoms with Gasteiger partial charge in [-0.1, -0.05) is 27.7 Å². The van der Waals surface area contributed by atoms with E-state index in [1.807, 2.05) is 0 Å². The van der Waals surface area contributed by atoms with Crippen LogP contribution in [0.25, 0.3) is 0 Å². The Kier molecular flexibility index (Phi) is 2.66. The Hall–Kier alpha value is -0.830. The highest BCUT2D eigenvalue weighted by Gasteiger charge is 2.49. The number of esters is 1. The number of hydrogen-bond acceptors (Lipinski definition) is 3. The minimum Gasteiger partial charge on any atom is -0.458 e. The van der Waals surface area contributed by atoms with E-state index in [0.29, 0.717) is 12.8 Å². The van der Waals surface area contributed by atoms with Crippen LogP contribution in [0, 0.1) is 10.8 Å². The lowest BCUT2D eigenvalue weighted by molar-refractivity contribution is -0.135. The maximum absolute atomic E-state index is 11.2. The molecule has 0 bridgehead atoms. The molecule has 96 valence electrons. The fraction of sp³-hybridized carbons (Fsp3) is 0.786.